The van der Waals surface area contributed by atoms with Crippen LogP contribution in [0.1, 0.15) is 17.5 Å². The number of anilines is 1. The molecule has 0 fully saturated rings. The van der Waals surface area contributed by atoms with Crippen LogP contribution < -0.4 is 5.32 Å². The van der Waals surface area contributed by atoms with Crippen molar-refractivity contribution in [3.63, 3.8) is 0 Å². The maximum absolute atomic E-state index is 13.2. The first-order valence-corrected chi connectivity index (χ1v) is 9.65. The number of nitrogens with zero attached hydrogens (tertiary/aromatic N) is 2. The van der Waals surface area contributed by atoms with E-state index in [4.69, 9.17) is 0 Å². The molecule has 0 aliphatic rings. The molecule has 1 amide bonds. The summed E-state index contributed by atoms with van der Waals surface area (Å²) in [5.41, 5.74) is 2.30. The number of aromatic nitrogens is 2. The zero-order valence-electron chi connectivity index (χ0n) is 16.4. The molecule has 0 unspecified atom stereocenters. The van der Waals surface area contributed by atoms with Gasteiger partial charge in [0.15, 0.2) is 0 Å². The number of amides is 1. The Morgan fingerprint density at radius 1 is 0.968 bits per heavy atom. The summed E-state index contributed by atoms with van der Waals surface area (Å²) >= 11 is 0. The third-order valence-corrected chi connectivity index (χ3v) is 4.92. The Labute approximate surface area is 176 Å². The van der Waals surface area contributed by atoms with Crippen molar-refractivity contribution in [1.29, 1.82) is 0 Å². The van der Waals surface area contributed by atoms with Crippen LogP contribution in [0.25, 0.3) is 22.0 Å². The number of fused-ring (bicyclic) bond motifs is 1. The topological polar surface area (TPSA) is 54.9 Å². The van der Waals surface area contributed by atoms with E-state index in [-0.39, 0.29) is 12.3 Å². The summed E-state index contributed by atoms with van der Waals surface area (Å²) in [6.07, 6.45) is 0.720. The largest absolute Gasteiger partial charge is 0.416 e. The zero-order chi connectivity index (χ0) is 21.8. The first-order valence-electron chi connectivity index (χ1n) is 9.65. The minimum atomic E-state index is -4.45. The van der Waals surface area contributed by atoms with Gasteiger partial charge >= 0.3 is 6.18 Å². The molecule has 0 radical (unpaired) electrons. The lowest BCUT2D eigenvalue weighted by molar-refractivity contribution is -0.137. The van der Waals surface area contributed by atoms with E-state index in [9.17, 15) is 18.0 Å². The van der Waals surface area contributed by atoms with Crippen LogP contribution in [0.5, 0.6) is 0 Å². The van der Waals surface area contributed by atoms with Crippen LogP contribution in [-0.4, -0.2) is 15.9 Å². The van der Waals surface area contributed by atoms with Gasteiger partial charge in [-0.2, -0.15) is 13.2 Å². The fourth-order valence-electron chi connectivity index (χ4n) is 3.38. The van der Waals surface area contributed by atoms with Crippen LogP contribution in [0.4, 0.5) is 18.9 Å². The van der Waals surface area contributed by atoms with E-state index in [1.807, 2.05) is 18.2 Å². The summed E-state index contributed by atoms with van der Waals surface area (Å²) in [6, 6.07) is 16.2. The van der Waals surface area contributed by atoms with Gasteiger partial charge in [-0.3, -0.25) is 14.8 Å². The van der Waals surface area contributed by atoms with Gasteiger partial charge < -0.3 is 5.32 Å². The van der Waals surface area contributed by atoms with E-state index in [0.29, 0.717) is 28.8 Å². The van der Waals surface area contributed by atoms with Crippen molar-refractivity contribution in [2.24, 2.45) is 0 Å². The molecule has 7 heteroatoms. The average molecular weight is 421 g/mol. The fourth-order valence-corrected chi connectivity index (χ4v) is 3.38. The number of benzene rings is 2. The lowest BCUT2D eigenvalue weighted by Gasteiger charge is -2.14. The smallest absolute Gasteiger partial charge is 0.326 e. The summed E-state index contributed by atoms with van der Waals surface area (Å²) < 4.78 is 39.6. The summed E-state index contributed by atoms with van der Waals surface area (Å²) in [7, 11) is 0. The fraction of sp³-hybridized carbons (Fsp3) is 0.125. The standard InChI is InChI=1S/C24H18F3N3O/c25-24(26,27)19-8-5-16(21(13-19)18-4-1-11-28-15-18)7-10-23(31)30-20-9-6-17-3-2-12-29-22(17)14-20/h1-6,8-9,11-15H,7,10H2,(H,30,31). The van der Waals surface area contributed by atoms with Crippen LogP contribution in [0, 0.1) is 0 Å². The highest BCUT2D eigenvalue weighted by atomic mass is 19.4. The molecule has 2 aromatic heterocycles. The second-order valence-electron chi connectivity index (χ2n) is 7.07. The number of hydrogen-bond donors (Lipinski definition) is 1. The van der Waals surface area contributed by atoms with Crippen LogP contribution in [0.15, 0.2) is 79.3 Å². The van der Waals surface area contributed by atoms with Crippen molar-refractivity contribution in [2.75, 3.05) is 5.32 Å². The molecule has 2 heterocycles. The number of pyridine rings is 2. The molecular weight excluding hydrogens is 403 g/mol. The van der Waals surface area contributed by atoms with Gasteiger partial charge in [0, 0.05) is 41.6 Å². The Hall–Kier alpha value is -3.74. The number of halogens is 3. The minimum absolute atomic E-state index is 0.124. The Morgan fingerprint density at radius 3 is 2.58 bits per heavy atom. The van der Waals surface area contributed by atoms with Crippen molar-refractivity contribution in [1.82, 2.24) is 9.97 Å². The first-order chi connectivity index (χ1) is 14.9. The molecule has 0 atom stereocenters. The quantitative estimate of drug-likeness (QED) is 0.437. The normalized spacial score (nSPS) is 11.5. The molecule has 4 aromatic rings. The van der Waals surface area contributed by atoms with E-state index < -0.39 is 11.7 Å². The third kappa shape index (κ3) is 4.88. The van der Waals surface area contributed by atoms with Gasteiger partial charge in [0.1, 0.15) is 0 Å². The maximum Gasteiger partial charge on any atom is 0.416 e. The number of alkyl halides is 3. The van der Waals surface area contributed by atoms with E-state index in [1.54, 1.807) is 36.7 Å². The summed E-state index contributed by atoms with van der Waals surface area (Å²) in [4.78, 5) is 20.7. The van der Waals surface area contributed by atoms with E-state index >= 15 is 0 Å². The van der Waals surface area contributed by atoms with Crippen molar-refractivity contribution in [3.8, 4) is 11.1 Å². The van der Waals surface area contributed by atoms with Gasteiger partial charge in [-0.25, -0.2) is 0 Å². The molecule has 0 aliphatic heterocycles. The Balaban J connectivity index is 1.52. The highest BCUT2D eigenvalue weighted by Crippen LogP contribution is 2.34. The second-order valence-corrected chi connectivity index (χ2v) is 7.07. The highest BCUT2D eigenvalue weighted by molar-refractivity contribution is 5.93. The monoisotopic (exact) mass is 421 g/mol. The molecule has 4 rings (SSSR count). The molecule has 0 spiro atoms. The second kappa shape index (κ2) is 8.55. The zero-order valence-corrected chi connectivity index (χ0v) is 16.4. The van der Waals surface area contributed by atoms with Gasteiger partial charge in [-0.1, -0.05) is 24.3 Å². The van der Waals surface area contributed by atoms with Crippen molar-refractivity contribution >= 4 is 22.5 Å². The predicted octanol–water partition coefficient (Wildman–Crippen LogP) is 5.89. The molecule has 0 aliphatic carbocycles. The Bertz CT molecular complexity index is 1220. The molecule has 31 heavy (non-hydrogen) atoms. The molecule has 0 saturated carbocycles. The van der Waals surface area contributed by atoms with E-state index in [0.717, 1.165) is 23.0 Å². The number of carbonyl (C=O) groups is 1. The highest BCUT2D eigenvalue weighted by Gasteiger charge is 2.31. The molecule has 1 N–H and O–H groups in total. The number of hydrogen-bond acceptors (Lipinski definition) is 3. The van der Waals surface area contributed by atoms with E-state index in [2.05, 4.69) is 15.3 Å². The van der Waals surface area contributed by atoms with Crippen LogP contribution in [-0.2, 0) is 17.4 Å². The molecule has 156 valence electrons. The number of carbonyl (C=O) groups excluding carboxylic acids is 1. The molecular formula is C24H18F3N3O. The van der Waals surface area contributed by atoms with Gasteiger partial charge in [-0.15, -0.1) is 0 Å². The lowest BCUT2D eigenvalue weighted by atomic mass is 9.95. The summed E-state index contributed by atoms with van der Waals surface area (Å²) in [5.74, 6) is -0.229. The Kier molecular flexibility index (Phi) is 5.66. The van der Waals surface area contributed by atoms with Gasteiger partial charge in [0.05, 0.1) is 11.1 Å². The first kappa shape index (κ1) is 20.5. The van der Waals surface area contributed by atoms with Crippen LogP contribution >= 0.6 is 0 Å². The van der Waals surface area contributed by atoms with Gasteiger partial charge in [0.25, 0.3) is 0 Å². The van der Waals surface area contributed by atoms with E-state index in [1.165, 1.54) is 12.3 Å². The summed E-state index contributed by atoms with van der Waals surface area (Å²) in [5, 5.41) is 3.79. The maximum atomic E-state index is 13.2. The lowest BCUT2D eigenvalue weighted by Crippen LogP contribution is -2.13. The number of aryl methyl sites for hydroxylation is 1. The molecule has 2 aromatic carbocycles. The van der Waals surface area contributed by atoms with Crippen LogP contribution in [0.2, 0.25) is 0 Å². The predicted molar refractivity (Wildman–Crippen MR) is 113 cm³/mol. The van der Waals surface area contributed by atoms with Gasteiger partial charge in [-0.05, 0) is 53.9 Å². The molecule has 0 bridgehead atoms. The molecule has 4 nitrogen and oxygen atoms in total. The third-order valence-electron chi connectivity index (χ3n) is 4.92. The molecule has 0 saturated heterocycles. The van der Waals surface area contributed by atoms with Crippen molar-refractivity contribution in [3.05, 3.63) is 90.4 Å². The van der Waals surface area contributed by atoms with Crippen LogP contribution in [0.3, 0.4) is 0 Å². The summed E-state index contributed by atoms with van der Waals surface area (Å²) in [6.45, 7) is 0. The van der Waals surface area contributed by atoms with Gasteiger partial charge in [0.2, 0.25) is 5.91 Å². The van der Waals surface area contributed by atoms with Crippen molar-refractivity contribution < 1.29 is 18.0 Å². The van der Waals surface area contributed by atoms with Crippen molar-refractivity contribution in [2.45, 2.75) is 19.0 Å². The number of rotatable bonds is 5. The minimum Gasteiger partial charge on any atom is -0.326 e. The SMILES string of the molecule is O=C(CCc1ccc(C(F)(F)F)cc1-c1cccnc1)Nc1ccc2cccnc2c1. The average Bonchev–Trinajstić information content (AvgIpc) is 2.77. The Morgan fingerprint density at radius 2 is 1.81 bits per heavy atom. The number of nitrogens with one attached hydrogen (secondary N) is 1.